The van der Waals surface area contributed by atoms with Gasteiger partial charge in [-0.1, -0.05) is 6.07 Å². The number of hydrogen-bond acceptors (Lipinski definition) is 3. The van der Waals surface area contributed by atoms with Crippen LogP contribution in [0.25, 0.3) is 5.69 Å². The van der Waals surface area contributed by atoms with Gasteiger partial charge in [0.05, 0.1) is 5.69 Å². The van der Waals surface area contributed by atoms with E-state index in [1.807, 2.05) is 0 Å². The summed E-state index contributed by atoms with van der Waals surface area (Å²) in [5.41, 5.74) is 3.23. The molecule has 3 aromatic rings. The van der Waals surface area contributed by atoms with E-state index in [0.717, 1.165) is 42.7 Å². The fourth-order valence-electron chi connectivity index (χ4n) is 3.88. The molecule has 0 unspecified atom stereocenters. The summed E-state index contributed by atoms with van der Waals surface area (Å²) in [5.74, 6) is -2.47. The molecular formula is C23H20F2N4O2. The summed E-state index contributed by atoms with van der Waals surface area (Å²) in [6.07, 6.45) is 4.23. The number of rotatable bonds is 5. The highest BCUT2D eigenvalue weighted by molar-refractivity contribution is 6.05. The van der Waals surface area contributed by atoms with E-state index in [-0.39, 0.29) is 17.6 Å². The average Bonchev–Trinajstić information content (AvgIpc) is 3.30. The molecule has 0 atom stereocenters. The SMILES string of the molecule is O=C(NC1CC1)c1cccc(NC(=O)c2nn(-c3ccc(F)c(F)c3)c3c2CCC3)c1. The molecule has 2 amide bonds. The normalized spacial score (nSPS) is 14.9. The van der Waals surface area contributed by atoms with Gasteiger partial charge in [0, 0.05) is 34.6 Å². The van der Waals surface area contributed by atoms with Gasteiger partial charge in [0.15, 0.2) is 17.3 Å². The Bertz CT molecular complexity index is 1200. The molecule has 1 aromatic heterocycles. The number of nitrogens with one attached hydrogen (secondary N) is 2. The third-order valence-corrected chi connectivity index (χ3v) is 5.59. The van der Waals surface area contributed by atoms with Crippen LogP contribution in [-0.2, 0) is 12.8 Å². The Morgan fingerprint density at radius 3 is 2.61 bits per heavy atom. The number of halogens is 2. The summed E-state index contributed by atoms with van der Waals surface area (Å²) < 4.78 is 28.6. The monoisotopic (exact) mass is 422 g/mol. The van der Waals surface area contributed by atoms with Crippen molar-refractivity contribution in [2.45, 2.75) is 38.1 Å². The van der Waals surface area contributed by atoms with Crippen molar-refractivity contribution in [3.63, 3.8) is 0 Å². The van der Waals surface area contributed by atoms with E-state index >= 15 is 0 Å². The predicted molar refractivity (Wildman–Crippen MR) is 110 cm³/mol. The maximum absolute atomic E-state index is 13.7. The lowest BCUT2D eigenvalue weighted by molar-refractivity contribution is 0.0949. The minimum atomic E-state index is -0.966. The molecule has 2 aliphatic carbocycles. The van der Waals surface area contributed by atoms with Crippen LogP contribution in [0.4, 0.5) is 14.5 Å². The molecule has 1 heterocycles. The number of anilines is 1. The molecule has 0 radical (unpaired) electrons. The van der Waals surface area contributed by atoms with Crippen molar-refractivity contribution in [3.05, 3.63) is 76.6 Å². The maximum Gasteiger partial charge on any atom is 0.276 e. The molecule has 0 saturated heterocycles. The second kappa shape index (κ2) is 7.61. The van der Waals surface area contributed by atoms with Gasteiger partial charge in [0.25, 0.3) is 11.8 Å². The fraction of sp³-hybridized carbons (Fsp3) is 0.261. The number of hydrogen-bond donors (Lipinski definition) is 2. The van der Waals surface area contributed by atoms with Crippen LogP contribution in [0.1, 0.15) is 51.4 Å². The third-order valence-electron chi connectivity index (χ3n) is 5.59. The van der Waals surface area contributed by atoms with Crippen molar-refractivity contribution < 1.29 is 18.4 Å². The summed E-state index contributed by atoms with van der Waals surface area (Å²) in [6, 6.07) is 10.5. The largest absolute Gasteiger partial charge is 0.349 e. The number of carbonyl (C=O) groups excluding carboxylic acids is 2. The molecule has 1 fully saturated rings. The summed E-state index contributed by atoms with van der Waals surface area (Å²) in [5, 5.41) is 10.1. The lowest BCUT2D eigenvalue weighted by Crippen LogP contribution is -2.25. The minimum Gasteiger partial charge on any atom is -0.349 e. The van der Waals surface area contributed by atoms with Crippen molar-refractivity contribution >= 4 is 17.5 Å². The maximum atomic E-state index is 13.7. The van der Waals surface area contributed by atoms with Gasteiger partial charge in [0.1, 0.15) is 0 Å². The highest BCUT2D eigenvalue weighted by atomic mass is 19.2. The van der Waals surface area contributed by atoms with Crippen molar-refractivity contribution in [2.75, 3.05) is 5.32 Å². The van der Waals surface area contributed by atoms with Crippen LogP contribution in [0.5, 0.6) is 0 Å². The molecule has 2 aromatic carbocycles. The summed E-state index contributed by atoms with van der Waals surface area (Å²) in [4.78, 5) is 25.3. The van der Waals surface area contributed by atoms with Gasteiger partial charge in [-0.2, -0.15) is 5.10 Å². The highest BCUT2D eigenvalue weighted by Gasteiger charge is 2.28. The minimum absolute atomic E-state index is 0.165. The number of aromatic nitrogens is 2. The first-order valence-corrected chi connectivity index (χ1v) is 10.3. The van der Waals surface area contributed by atoms with E-state index < -0.39 is 17.5 Å². The molecule has 2 N–H and O–H groups in total. The third kappa shape index (κ3) is 3.81. The summed E-state index contributed by atoms with van der Waals surface area (Å²) in [7, 11) is 0. The predicted octanol–water partition coefficient (Wildman–Crippen LogP) is 3.78. The average molecular weight is 422 g/mol. The van der Waals surface area contributed by atoms with Crippen LogP contribution in [0.2, 0.25) is 0 Å². The Morgan fingerprint density at radius 2 is 1.84 bits per heavy atom. The van der Waals surface area contributed by atoms with Crippen LogP contribution >= 0.6 is 0 Å². The molecule has 6 nitrogen and oxygen atoms in total. The van der Waals surface area contributed by atoms with Crippen molar-refractivity contribution in [3.8, 4) is 5.69 Å². The Morgan fingerprint density at radius 1 is 1.00 bits per heavy atom. The van der Waals surface area contributed by atoms with E-state index in [0.29, 0.717) is 29.8 Å². The zero-order valence-electron chi connectivity index (χ0n) is 16.6. The van der Waals surface area contributed by atoms with E-state index in [1.54, 1.807) is 24.3 Å². The first-order chi connectivity index (χ1) is 15.0. The molecule has 2 aliphatic rings. The van der Waals surface area contributed by atoms with Gasteiger partial charge in [-0.05, 0) is 62.4 Å². The fourth-order valence-corrected chi connectivity index (χ4v) is 3.88. The van der Waals surface area contributed by atoms with Crippen molar-refractivity contribution in [1.29, 1.82) is 0 Å². The smallest absolute Gasteiger partial charge is 0.276 e. The lowest BCUT2D eigenvalue weighted by atomic mass is 10.1. The molecule has 5 rings (SSSR count). The van der Waals surface area contributed by atoms with E-state index in [1.165, 1.54) is 10.7 Å². The number of nitrogens with zero attached hydrogens (tertiary/aromatic N) is 2. The van der Waals surface area contributed by atoms with Gasteiger partial charge in [0.2, 0.25) is 0 Å². The number of amides is 2. The number of fused-ring (bicyclic) bond motifs is 1. The van der Waals surface area contributed by atoms with E-state index in [4.69, 9.17) is 0 Å². The first-order valence-electron chi connectivity index (χ1n) is 10.3. The molecular weight excluding hydrogens is 402 g/mol. The Hall–Kier alpha value is -3.55. The first kappa shape index (κ1) is 19.4. The topological polar surface area (TPSA) is 76.0 Å². The Balaban J connectivity index is 1.41. The van der Waals surface area contributed by atoms with Crippen molar-refractivity contribution in [2.24, 2.45) is 0 Å². The quantitative estimate of drug-likeness (QED) is 0.657. The molecule has 0 bridgehead atoms. The zero-order chi connectivity index (χ0) is 21.5. The van der Waals surface area contributed by atoms with Crippen LogP contribution < -0.4 is 10.6 Å². The Kier molecular flexibility index (Phi) is 4.77. The zero-order valence-corrected chi connectivity index (χ0v) is 16.6. The Labute approximate surface area is 177 Å². The molecule has 8 heteroatoms. The second-order valence-electron chi connectivity index (χ2n) is 7.92. The van der Waals surface area contributed by atoms with Crippen molar-refractivity contribution in [1.82, 2.24) is 15.1 Å². The van der Waals surface area contributed by atoms with Crippen LogP contribution in [0.15, 0.2) is 42.5 Å². The number of benzene rings is 2. The lowest BCUT2D eigenvalue weighted by Gasteiger charge is -2.08. The van der Waals surface area contributed by atoms with Crippen LogP contribution in [0, 0.1) is 11.6 Å². The molecule has 1 saturated carbocycles. The molecule has 158 valence electrons. The van der Waals surface area contributed by atoms with Gasteiger partial charge in [-0.3, -0.25) is 9.59 Å². The summed E-state index contributed by atoms with van der Waals surface area (Å²) >= 11 is 0. The van der Waals surface area contributed by atoms with Gasteiger partial charge in [-0.25, -0.2) is 13.5 Å². The molecule has 0 spiro atoms. The van der Waals surface area contributed by atoms with Crippen LogP contribution in [0.3, 0.4) is 0 Å². The van der Waals surface area contributed by atoms with Gasteiger partial charge < -0.3 is 10.6 Å². The highest BCUT2D eigenvalue weighted by Crippen LogP contribution is 2.29. The molecule has 31 heavy (non-hydrogen) atoms. The van der Waals surface area contributed by atoms with Gasteiger partial charge in [-0.15, -0.1) is 0 Å². The molecule has 0 aliphatic heterocycles. The van der Waals surface area contributed by atoms with Gasteiger partial charge >= 0.3 is 0 Å². The number of carbonyl (C=O) groups is 2. The summed E-state index contributed by atoms with van der Waals surface area (Å²) in [6.45, 7) is 0. The van der Waals surface area contributed by atoms with Crippen LogP contribution in [-0.4, -0.2) is 27.6 Å². The van der Waals surface area contributed by atoms with E-state index in [9.17, 15) is 18.4 Å². The second-order valence-corrected chi connectivity index (χ2v) is 7.92. The van der Waals surface area contributed by atoms with E-state index in [2.05, 4.69) is 15.7 Å². The standard InChI is InChI=1S/C23H20F2N4O2/c24-18-10-9-16(12-19(18)25)29-20-6-2-5-17(20)21(28-29)23(31)27-15-4-1-3-13(11-15)22(30)26-14-7-8-14/h1,3-4,9-12,14H,2,5-8H2,(H,26,30)(H,27,31).